The average molecular weight is 268 g/mol. The van der Waals surface area contributed by atoms with Crippen molar-refractivity contribution in [1.82, 2.24) is 14.9 Å². The van der Waals surface area contributed by atoms with Gasteiger partial charge in [0.25, 0.3) is 5.56 Å². The lowest BCUT2D eigenvalue weighted by molar-refractivity contribution is 0.419. The summed E-state index contributed by atoms with van der Waals surface area (Å²) in [5.74, 6) is 0.514. The molecule has 0 aliphatic rings. The Balaban J connectivity index is 2.70. The third-order valence-electron chi connectivity index (χ3n) is 2.70. The molecule has 2 aromatic rings. The second-order valence-electron chi connectivity index (χ2n) is 3.80. The number of nitrogens with zero attached hydrogens (tertiary/aromatic N) is 2. The van der Waals surface area contributed by atoms with E-state index in [9.17, 15) is 4.79 Å². The number of benzene rings is 1. The maximum absolute atomic E-state index is 12.4. The van der Waals surface area contributed by atoms with Crippen LogP contribution in [0.25, 0.3) is 10.9 Å². The van der Waals surface area contributed by atoms with Gasteiger partial charge in [-0.2, -0.15) is 0 Å². The van der Waals surface area contributed by atoms with Crippen molar-refractivity contribution >= 4 is 22.5 Å². The van der Waals surface area contributed by atoms with Gasteiger partial charge < -0.3 is 10.1 Å². The second-order valence-corrected chi connectivity index (χ2v) is 4.13. The molecule has 1 aromatic carbocycles. The van der Waals surface area contributed by atoms with Gasteiger partial charge in [-0.3, -0.25) is 9.36 Å². The first kappa shape index (κ1) is 12.9. The molecule has 0 atom stereocenters. The number of fused-ring (bicyclic) bond motifs is 1. The highest BCUT2D eigenvalue weighted by Crippen LogP contribution is 2.21. The molecule has 18 heavy (non-hydrogen) atoms. The summed E-state index contributed by atoms with van der Waals surface area (Å²) in [6.45, 7) is 1.11. The molecular weight excluding hydrogens is 254 g/mol. The van der Waals surface area contributed by atoms with Crippen LogP contribution in [0.5, 0.6) is 5.75 Å². The number of nitrogens with one attached hydrogen (secondary N) is 1. The number of hydrogen-bond donors (Lipinski definition) is 1. The van der Waals surface area contributed by atoms with E-state index in [1.54, 1.807) is 18.2 Å². The summed E-state index contributed by atoms with van der Waals surface area (Å²) < 4.78 is 6.63. The first-order valence-corrected chi connectivity index (χ1v) is 5.94. The zero-order valence-electron chi connectivity index (χ0n) is 10.2. The molecule has 5 nitrogen and oxygen atoms in total. The molecule has 0 spiro atoms. The van der Waals surface area contributed by atoms with Crippen molar-refractivity contribution in [2.45, 2.75) is 6.54 Å². The summed E-state index contributed by atoms with van der Waals surface area (Å²) >= 11 is 6.02. The normalized spacial score (nSPS) is 10.8. The van der Waals surface area contributed by atoms with E-state index in [1.807, 2.05) is 7.05 Å². The fourth-order valence-corrected chi connectivity index (χ4v) is 2.05. The Kier molecular flexibility index (Phi) is 3.84. The summed E-state index contributed by atoms with van der Waals surface area (Å²) in [7, 11) is 3.34. The molecule has 2 rings (SSSR count). The largest absolute Gasteiger partial charge is 0.496 e. The Morgan fingerprint density at radius 1 is 1.50 bits per heavy atom. The zero-order valence-corrected chi connectivity index (χ0v) is 11.0. The highest BCUT2D eigenvalue weighted by molar-refractivity contribution is 6.28. The maximum Gasteiger partial charge on any atom is 0.266 e. The van der Waals surface area contributed by atoms with Crippen molar-refractivity contribution in [3.8, 4) is 5.75 Å². The van der Waals surface area contributed by atoms with E-state index in [1.165, 1.54) is 11.7 Å². The Morgan fingerprint density at radius 3 is 2.94 bits per heavy atom. The van der Waals surface area contributed by atoms with Gasteiger partial charge in [-0.05, 0) is 30.8 Å². The molecule has 0 saturated carbocycles. The SMILES string of the molecule is CNCCn1c(Cl)nc2cccc(OC)c2c1=O. The number of likely N-dealkylation sites (N-methyl/N-ethyl adjacent to an activating group) is 1. The van der Waals surface area contributed by atoms with Gasteiger partial charge in [0.1, 0.15) is 11.1 Å². The standard InChI is InChI=1S/C12H14ClN3O2/c1-14-6-7-16-11(17)10-8(15-12(16)13)4-3-5-9(10)18-2/h3-5,14H,6-7H2,1-2H3. The van der Waals surface area contributed by atoms with Crippen LogP contribution in [0.4, 0.5) is 0 Å². The van der Waals surface area contributed by atoms with Crippen LogP contribution >= 0.6 is 11.6 Å². The maximum atomic E-state index is 12.4. The smallest absolute Gasteiger partial charge is 0.266 e. The molecular formula is C12H14ClN3O2. The summed E-state index contributed by atoms with van der Waals surface area (Å²) in [6.07, 6.45) is 0. The summed E-state index contributed by atoms with van der Waals surface area (Å²) in [5, 5.41) is 3.62. The Hall–Kier alpha value is -1.59. The van der Waals surface area contributed by atoms with E-state index in [2.05, 4.69) is 10.3 Å². The Morgan fingerprint density at radius 2 is 2.28 bits per heavy atom. The number of methoxy groups -OCH3 is 1. The fraction of sp³-hybridized carbons (Fsp3) is 0.333. The summed E-state index contributed by atoms with van der Waals surface area (Å²) in [6, 6.07) is 5.26. The van der Waals surface area contributed by atoms with Crippen molar-refractivity contribution < 1.29 is 4.74 Å². The number of rotatable bonds is 4. The van der Waals surface area contributed by atoms with Crippen LogP contribution in [0.15, 0.2) is 23.0 Å². The number of aromatic nitrogens is 2. The molecule has 0 aliphatic heterocycles. The molecule has 0 unspecified atom stereocenters. The molecule has 1 aromatic heterocycles. The molecule has 0 fully saturated rings. The number of hydrogen-bond acceptors (Lipinski definition) is 4. The van der Waals surface area contributed by atoms with Crippen LogP contribution in [0.1, 0.15) is 0 Å². The van der Waals surface area contributed by atoms with E-state index in [0.29, 0.717) is 29.7 Å². The number of ether oxygens (including phenoxy) is 1. The van der Waals surface area contributed by atoms with Gasteiger partial charge in [0.05, 0.1) is 12.6 Å². The Bertz CT molecular complexity index is 624. The molecule has 0 bridgehead atoms. The van der Waals surface area contributed by atoms with Crippen molar-refractivity contribution in [3.63, 3.8) is 0 Å². The molecule has 0 aliphatic carbocycles. The van der Waals surface area contributed by atoms with Gasteiger partial charge in [0.2, 0.25) is 5.28 Å². The molecule has 1 heterocycles. The van der Waals surface area contributed by atoms with E-state index in [4.69, 9.17) is 16.3 Å². The monoisotopic (exact) mass is 267 g/mol. The highest BCUT2D eigenvalue weighted by atomic mass is 35.5. The topological polar surface area (TPSA) is 56.1 Å². The first-order valence-electron chi connectivity index (χ1n) is 5.56. The molecule has 0 saturated heterocycles. The van der Waals surface area contributed by atoms with Crippen molar-refractivity contribution in [1.29, 1.82) is 0 Å². The van der Waals surface area contributed by atoms with Crippen LogP contribution in [-0.4, -0.2) is 30.3 Å². The lowest BCUT2D eigenvalue weighted by Gasteiger charge is -2.10. The van der Waals surface area contributed by atoms with Gasteiger partial charge in [0.15, 0.2) is 0 Å². The van der Waals surface area contributed by atoms with E-state index >= 15 is 0 Å². The van der Waals surface area contributed by atoms with Gasteiger partial charge in [-0.1, -0.05) is 6.07 Å². The predicted molar refractivity (Wildman–Crippen MR) is 71.5 cm³/mol. The minimum atomic E-state index is -0.183. The molecule has 6 heteroatoms. The average Bonchev–Trinajstić information content (AvgIpc) is 2.37. The van der Waals surface area contributed by atoms with Crippen molar-refractivity contribution in [2.24, 2.45) is 0 Å². The quantitative estimate of drug-likeness (QED) is 0.848. The van der Waals surface area contributed by atoms with Crippen LogP contribution in [0, 0.1) is 0 Å². The minimum Gasteiger partial charge on any atom is -0.496 e. The van der Waals surface area contributed by atoms with Gasteiger partial charge in [-0.25, -0.2) is 4.98 Å². The third kappa shape index (κ3) is 2.19. The summed E-state index contributed by atoms with van der Waals surface area (Å²) in [4.78, 5) is 16.6. The lowest BCUT2D eigenvalue weighted by atomic mass is 10.2. The second kappa shape index (κ2) is 5.37. The van der Waals surface area contributed by atoms with Gasteiger partial charge in [-0.15, -0.1) is 0 Å². The van der Waals surface area contributed by atoms with Crippen molar-refractivity contribution in [3.05, 3.63) is 33.8 Å². The molecule has 0 radical (unpaired) electrons. The molecule has 1 N–H and O–H groups in total. The number of halogens is 1. The highest BCUT2D eigenvalue weighted by Gasteiger charge is 2.12. The predicted octanol–water partition coefficient (Wildman–Crippen LogP) is 1.28. The lowest BCUT2D eigenvalue weighted by Crippen LogP contribution is -2.27. The van der Waals surface area contributed by atoms with Crippen LogP contribution in [-0.2, 0) is 6.54 Å². The van der Waals surface area contributed by atoms with E-state index < -0.39 is 0 Å². The molecule has 0 amide bonds. The van der Waals surface area contributed by atoms with Crippen LogP contribution < -0.4 is 15.6 Å². The van der Waals surface area contributed by atoms with Gasteiger partial charge >= 0.3 is 0 Å². The third-order valence-corrected chi connectivity index (χ3v) is 2.99. The van der Waals surface area contributed by atoms with Crippen LogP contribution in [0.3, 0.4) is 0 Å². The molecule has 96 valence electrons. The van der Waals surface area contributed by atoms with Gasteiger partial charge in [0, 0.05) is 13.1 Å². The van der Waals surface area contributed by atoms with Crippen molar-refractivity contribution in [2.75, 3.05) is 20.7 Å². The van der Waals surface area contributed by atoms with Crippen LogP contribution in [0.2, 0.25) is 5.28 Å². The fourth-order valence-electron chi connectivity index (χ4n) is 1.79. The summed E-state index contributed by atoms with van der Waals surface area (Å²) in [5.41, 5.74) is 0.364. The van der Waals surface area contributed by atoms with E-state index in [-0.39, 0.29) is 10.8 Å². The Labute approximate surface area is 109 Å². The first-order chi connectivity index (χ1) is 8.69. The minimum absolute atomic E-state index is 0.183. The zero-order chi connectivity index (χ0) is 13.1. The van der Waals surface area contributed by atoms with E-state index in [0.717, 1.165) is 0 Å².